The maximum absolute atomic E-state index is 9.63. The summed E-state index contributed by atoms with van der Waals surface area (Å²) in [6.07, 6.45) is -0.833. The second-order valence-electron chi connectivity index (χ2n) is 2.17. The van der Waals surface area contributed by atoms with E-state index in [1.165, 1.54) is 0 Å². The molecule has 0 aromatic heterocycles. The van der Waals surface area contributed by atoms with Crippen molar-refractivity contribution in [1.29, 1.82) is 0 Å². The Labute approximate surface area is 63.8 Å². The van der Waals surface area contributed by atoms with Crippen LogP contribution in [0.3, 0.4) is 0 Å². The molecule has 0 rings (SSSR count). The van der Waals surface area contributed by atoms with E-state index in [2.05, 4.69) is 5.29 Å². The van der Waals surface area contributed by atoms with Crippen LogP contribution >= 0.6 is 0 Å². The Hall–Kier alpha value is -0.720. The normalized spacial score (nSPS) is 15.5. The first-order valence-electron chi connectivity index (χ1n) is 3.22. The maximum Gasteiger partial charge on any atom is 0.0791 e. The van der Waals surface area contributed by atoms with Crippen molar-refractivity contribution in [3.05, 3.63) is 4.91 Å². The first-order chi connectivity index (χ1) is 5.24. The largest absolute Gasteiger partial charge is 0.394 e. The van der Waals surface area contributed by atoms with Gasteiger partial charge in [-0.3, -0.25) is 5.43 Å². The molecule has 0 bridgehead atoms. The van der Waals surface area contributed by atoms with Gasteiger partial charge < -0.3 is 15.3 Å². The number of rotatable bonds is 6. The van der Waals surface area contributed by atoms with Gasteiger partial charge in [0.15, 0.2) is 0 Å². The summed E-state index contributed by atoms with van der Waals surface area (Å²) in [5.41, 5.74) is 2.05. The standard InChI is InChI=1S/C5H12N2O4/c8-2-4(6-7-11)1-5(10)3-9/h4-5,8-10H,1-3H2,(H,6,11). The minimum Gasteiger partial charge on any atom is -0.394 e. The van der Waals surface area contributed by atoms with Gasteiger partial charge in [0.25, 0.3) is 0 Å². The molecule has 2 atom stereocenters. The fraction of sp³-hybridized carbons (Fsp3) is 1.00. The number of nitrogens with one attached hydrogen (secondary N) is 1. The van der Waals surface area contributed by atoms with Gasteiger partial charge in [-0.1, -0.05) is 0 Å². The summed E-state index contributed by atoms with van der Waals surface area (Å²) in [6, 6.07) is -0.588. The summed E-state index contributed by atoms with van der Waals surface area (Å²) < 4.78 is 0. The lowest BCUT2D eigenvalue weighted by Crippen LogP contribution is -2.33. The summed E-state index contributed by atoms with van der Waals surface area (Å²) >= 11 is 0. The highest BCUT2D eigenvalue weighted by Gasteiger charge is 2.12. The van der Waals surface area contributed by atoms with E-state index in [0.29, 0.717) is 0 Å². The van der Waals surface area contributed by atoms with Crippen LogP contribution in [0, 0.1) is 4.91 Å². The molecule has 0 amide bonds. The molecule has 0 saturated carbocycles. The molecule has 0 heterocycles. The molecule has 2 unspecified atom stereocenters. The van der Waals surface area contributed by atoms with Gasteiger partial charge in [-0.2, -0.15) is 0 Å². The highest BCUT2D eigenvalue weighted by molar-refractivity contribution is 4.67. The van der Waals surface area contributed by atoms with Crippen molar-refractivity contribution in [2.24, 2.45) is 5.29 Å². The van der Waals surface area contributed by atoms with Gasteiger partial charge in [-0.25, -0.2) is 0 Å². The molecule has 4 N–H and O–H groups in total. The molecule has 6 heteroatoms. The summed E-state index contributed by atoms with van der Waals surface area (Å²) in [5, 5.41) is 28.1. The van der Waals surface area contributed by atoms with Crippen molar-refractivity contribution in [2.45, 2.75) is 18.6 Å². The average molecular weight is 164 g/mol. The fourth-order valence-electron chi connectivity index (χ4n) is 0.646. The predicted octanol–water partition coefficient (Wildman–Crippen LogP) is -1.64. The van der Waals surface area contributed by atoms with Crippen LogP contribution in [0.15, 0.2) is 5.29 Å². The van der Waals surface area contributed by atoms with Gasteiger partial charge in [0.05, 0.1) is 25.4 Å². The molecular weight excluding hydrogens is 152 g/mol. The topological polar surface area (TPSA) is 102 Å². The first-order valence-corrected chi connectivity index (χ1v) is 3.22. The Kier molecular flexibility index (Phi) is 5.63. The third-order valence-electron chi connectivity index (χ3n) is 1.22. The van der Waals surface area contributed by atoms with Crippen molar-refractivity contribution in [3.63, 3.8) is 0 Å². The summed E-state index contributed by atoms with van der Waals surface area (Å²) in [7, 11) is 0. The van der Waals surface area contributed by atoms with E-state index in [1.807, 2.05) is 5.43 Å². The number of nitrogens with zero attached hydrogens (tertiary/aromatic N) is 1. The molecular formula is C5H12N2O4. The highest BCUT2D eigenvalue weighted by Crippen LogP contribution is 1.96. The quantitative estimate of drug-likeness (QED) is 0.278. The van der Waals surface area contributed by atoms with Crippen LogP contribution in [0.25, 0.3) is 0 Å². The molecule has 0 aromatic carbocycles. The molecule has 0 aliphatic carbocycles. The van der Waals surface area contributed by atoms with E-state index < -0.39 is 18.8 Å². The Morgan fingerprint density at radius 1 is 1.36 bits per heavy atom. The zero-order valence-corrected chi connectivity index (χ0v) is 5.97. The molecule has 0 fully saturated rings. The molecule has 0 aromatic rings. The van der Waals surface area contributed by atoms with Crippen LogP contribution in [-0.4, -0.2) is 40.7 Å². The predicted molar refractivity (Wildman–Crippen MR) is 37.5 cm³/mol. The Morgan fingerprint density at radius 2 is 2.00 bits per heavy atom. The Bertz CT molecular complexity index is 111. The minimum absolute atomic E-state index is 0.0960. The van der Waals surface area contributed by atoms with Crippen LogP contribution in [0.1, 0.15) is 6.42 Å². The van der Waals surface area contributed by atoms with E-state index >= 15 is 0 Å². The summed E-state index contributed by atoms with van der Waals surface area (Å²) in [5.74, 6) is 0. The molecule has 0 aliphatic heterocycles. The third-order valence-corrected chi connectivity index (χ3v) is 1.22. The van der Waals surface area contributed by atoms with E-state index in [1.54, 1.807) is 0 Å². The van der Waals surface area contributed by atoms with Crippen LogP contribution in [0.5, 0.6) is 0 Å². The lowest BCUT2D eigenvalue weighted by molar-refractivity contribution is 0.0706. The van der Waals surface area contributed by atoms with Crippen molar-refractivity contribution < 1.29 is 15.3 Å². The van der Waals surface area contributed by atoms with Gasteiger partial charge in [-0.15, -0.1) is 4.91 Å². The third kappa shape index (κ3) is 4.65. The van der Waals surface area contributed by atoms with Crippen LogP contribution in [0.2, 0.25) is 0 Å². The highest BCUT2D eigenvalue weighted by atomic mass is 16.3. The Morgan fingerprint density at radius 3 is 2.36 bits per heavy atom. The second-order valence-corrected chi connectivity index (χ2v) is 2.17. The fourth-order valence-corrected chi connectivity index (χ4v) is 0.646. The van der Waals surface area contributed by atoms with Gasteiger partial charge in [0.1, 0.15) is 0 Å². The van der Waals surface area contributed by atoms with Crippen molar-refractivity contribution >= 4 is 0 Å². The maximum atomic E-state index is 9.63. The number of hydrogen-bond acceptors (Lipinski definition) is 5. The SMILES string of the molecule is O=NNC(CO)CC(O)CO. The van der Waals surface area contributed by atoms with Crippen LogP contribution in [0.4, 0.5) is 0 Å². The van der Waals surface area contributed by atoms with Crippen LogP contribution < -0.4 is 5.43 Å². The molecule has 0 radical (unpaired) electrons. The zero-order chi connectivity index (χ0) is 8.69. The molecule has 6 nitrogen and oxygen atoms in total. The lowest BCUT2D eigenvalue weighted by atomic mass is 10.1. The summed E-state index contributed by atoms with van der Waals surface area (Å²) in [6.45, 7) is -0.695. The minimum atomic E-state index is -0.929. The number of nitroso groups, excluding NO2 is 1. The zero-order valence-electron chi connectivity index (χ0n) is 5.97. The van der Waals surface area contributed by atoms with Crippen molar-refractivity contribution in [1.82, 2.24) is 5.43 Å². The van der Waals surface area contributed by atoms with Gasteiger partial charge in [-0.05, 0) is 6.42 Å². The smallest absolute Gasteiger partial charge is 0.0791 e. The Balaban J connectivity index is 3.57. The van der Waals surface area contributed by atoms with E-state index in [0.717, 1.165) is 0 Å². The first kappa shape index (κ1) is 10.3. The lowest BCUT2D eigenvalue weighted by Gasteiger charge is -2.14. The van der Waals surface area contributed by atoms with Crippen LogP contribution in [-0.2, 0) is 0 Å². The average Bonchev–Trinajstić information content (AvgIpc) is 2.03. The summed E-state index contributed by atoms with van der Waals surface area (Å²) in [4.78, 5) is 9.63. The van der Waals surface area contributed by atoms with Gasteiger partial charge in [0, 0.05) is 5.29 Å². The second kappa shape index (κ2) is 6.02. The molecule has 66 valence electrons. The van der Waals surface area contributed by atoms with E-state index in [-0.39, 0.29) is 13.0 Å². The molecule has 11 heavy (non-hydrogen) atoms. The van der Waals surface area contributed by atoms with Crippen molar-refractivity contribution in [3.8, 4) is 0 Å². The molecule has 0 aliphatic rings. The molecule has 0 saturated heterocycles. The molecule has 0 spiro atoms. The van der Waals surface area contributed by atoms with E-state index in [4.69, 9.17) is 15.3 Å². The number of aliphatic hydroxyl groups is 3. The van der Waals surface area contributed by atoms with Gasteiger partial charge >= 0.3 is 0 Å². The van der Waals surface area contributed by atoms with Crippen molar-refractivity contribution in [2.75, 3.05) is 13.2 Å². The van der Waals surface area contributed by atoms with Gasteiger partial charge in [0.2, 0.25) is 0 Å². The monoisotopic (exact) mass is 164 g/mol. The van der Waals surface area contributed by atoms with E-state index in [9.17, 15) is 4.91 Å². The number of hydrogen-bond donors (Lipinski definition) is 4. The number of aliphatic hydroxyl groups excluding tert-OH is 3.